The number of nitrogens with zero attached hydrogens (tertiary/aromatic N) is 2. The lowest BCUT2D eigenvalue weighted by Gasteiger charge is -2.29. The molecular weight excluding hydrogens is 308 g/mol. The lowest BCUT2D eigenvalue weighted by molar-refractivity contribution is -0.135. The van der Waals surface area contributed by atoms with Crippen molar-refractivity contribution in [2.24, 2.45) is 0 Å². The minimum Gasteiger partial charge on any atom is -0.497 e. The molecule has 2 atom stereocenters. The Morgan fingerprint density at radius 1 is 1.38 bits per heavy atom. The quantitative estimate of drug-likeness (QED) is 0.872. The maximum absolute atomic E-state index is 12.3. The van der Waals surface area contributed by atoms with E-state index in [0.29, 0.717) is 52.2 Å². The molecule has 2 heterocycles. The predicted octanol–water partition coefficient (Wildman–Crippen LogP) is 1.05. The molecule has 1 aromatic rings. The number of hydrogen-bond acceptors (Lipinski definition) is 5. The first-order valence-electron chi connectivity index (χ1n) is 8.59. The predicted molar refractivity (Wildman–Crippen MR) is 89.9 cm³/mol. The summed E-state index contributed by atoms with van der Waals surface area (Å²) in [5, 5.41) is 10.1. The molecule has 2 fully saturated rings. The molecule has 132 valence electrons. The van der Waals surface area contributed by atoms with E-state index in [1.54, 1.807) is 7.11 Å². The highest BCUT2D eigenvalue weighted by Crippen LogP contribution is 2.33. The van der Waals surface area contributed by atoms with E-state index in [0.717, 1.165) is 11.3 Å². The van der Waals surface area contributed by atoms with Gasteiger partial charge in [-0.25, -0.2) is 0 Å². The number of carbonyl (C=O) groups is 1. The second-order valence-electron chi connectivity index (χ2n) is 6.42. The zero-order valence-electron chi connectivity index (χ0n) is 14.2. The molecule has 0 bridgehead atoms. The molecule has 2 aliphatic rings. The Balaban J connectivity index is 1.61. The largest absolute Gasteiger partial charge is 0.497 e. The van der Waals surface area contributed by atoms with Crippen LogP contribution in [0, 0.1) is 0 Å². The van der Waals surface area contributed by atoms with Gasteiger partial charge in [-0.3, -0.25) is 9.69 Å². The lowest BCUT2D eigenvalue weighted by atomic mass is 10.0. The number of amides is 1. The summed E-state index contributed by atoms with van der Waals surface area (Å²) in [7, 11) is 1.65. The normalized spacial score (nSPS) is 25.0. The summed E-state index contributed by atoms with van der Waals surface area (Å²) in [5.41, 5.74) is 1.13. The van der Waals surface area contributed by atoms with Crippen molar-refractivity contribution in [1.82, 2.24) is 9.80 Å². The fraction of sp³-hybridized carbons (Fsp3) is 0.611. The van der Waals surface area contributed by atoms with Gasteiger partial charge in [0.15, 0.2) is 0 Å². The topological polar surface area (TPSA) is 62.2 Å². The molecular formula is C18H26N2O4. The van der Waals surface area contributed by atoms with Crippen LogP contribution in [0.5, 0.6) is 5.75 Å². The third kappa shape index (κ3) is 4.06. The van der Waals surface area contributed by atoms with Gasteiger partial charge in [0.05, 0.1) is 26.4 Å². The third-order valence-electron chi connectivity index (χ3n) is 4.84. The van der Waals surface area contributed by atoms with Gasteiger partial charge in [-0.2, -0.15) is 0 Å². The number of methoxy groups -OCH3 is 1. The minimum atomic E-state index is -0.348. The van der Waals surface area contributed by atoms with Gasteiger partial charge in [-0.15, -0.1) is 0 Å². The standard InChI is InChI=1S/C18H26N2O4/c1-23-16-4-2-3-14(11-16)17-12-15(21)13-20(17)6-5-18(22)19-7-9-24-10-8-19/h2-4,11,15,17,21H,5-10,12-13H2,1H3. The first-order chi connectivity index (χ1) is 11.7. The summed E-state index contributed by atoms with van der Waals surface area (Å²) in [5.74, 6) is 0.988. The zero-order valence-corrected chi connectivity index (χ0v) is 14.2. The van der Waals surface area contributed by atoms with Crippen molar-refractivity contribution < 1.29 is 19.4 Å². The summed E-state index contributed by atoms with van der Waals surface area (Å²) in [6.45, 7) is 3.89. The molecule has 1 aromatic carbocycles. The van der Waals surface area contributed by atoms with Crippen molar-refractivity contribution in [3.05, 3.63) is 29.8 Å². The maximum atomic E-state index is 12.3. The highest BCUT2D eigenvalue weighted by atomic mass is 16.5. The molecule has 6 heteroatoms. The van der Waals surface area contributed by atoms with Crippen LogP contribution in [0.2, 0.25) is 0 Å². The van der Waals surface area contributed by atoms with Gasteiger partial charge >= 0.3 is 0 Å². The molecule has 2 aliphatic heterocycles. The minimum absolute atomic E-state index is 0.132. The van der Waals surface area contributed by atoms with Gasteiger partial charge in [0, 0.05) is 38.6 Å². The van der Waals surface area contributed by atoms with Crippen molar-refractivity contribution in [2.45, 2.75) is 25.0 Å². The monoisotopic (exact) mass is 334 g/mol. The van der Waals surface area contributed by atoms with Crippen molar-refractivity contribution >= 4 is 5.91 Å². The van der Waals surface area contributed by atoms with E-state index >= 15 is 0 Å². The second kappa shape index (κ2) is 7.96. The summed E-state index contributed by atoms with van der Waals surface area (Å²) in [6.07, 6.45) is 0.825. The third-order valence-corrected chi connectivity index (χ3v) is 4.84. The number of aliphatic hydroxyl groups excluding tert-OH is 1. The molecule has 0 spiro atoms. The van der Waals surface area contributed by atoms with Crippen LogP contribution < -0.4 is 4.74 Å². The SMILES string of the molecule is COc1cccc(C2CC(O)CN2CCC(=O)N2CCOCC2)c1. The van der Waals surface area contributed by atoms with Gasteiger partial charge in [0.25, 0.3) is 0 Å². The molecule has 6 nitrogen and oxygen atoms in total. The van der Waals surface area contributed by atoms with Crippen LogP contribution in [0.15, 0.2) is 24.3 Å². The molecule has 1 N–H and O–H groups in total. The fourth-order valence-corrected chi connectivity index (χ4v) is 3.53. The van der Waals surface area contributed by atoms with E-state index in [4.69, 9.17) is 9.47 Å². The van der Waals surface area contributed by atoms with Crippen LogP contribution in [0.1, 0.15) is 24.4 Å². The van der Waals surface area contributed by atoms with Crippen molar-refractivity contribution in [1.29, 1.82) is 0 Å². The summed E-state index contributed by atoms with van der Waals surface area (Å²) < 4.78 is 10.6. The van der Waals surface area contributed by atoms with Gasteiger partial charge < -0.3 is 19.5 Å². The van der Waals surface area contributed by atoms with E-state index in [2.05, 4.69) is 11.0 Å². The molecule has 2 unspecified atom stereocenters. The Morgan fingerprint density at radius 3 is 2.92 bits per heavy atom. The molecule has 1 amide bonds. The fourth-order valence-electron chi connectivity index (χ4n) is 3.53. The highest BCUT2D eigenvalue weighted by Gasteiger charge is 2.32. The van der Waals surface area contributed by atoms with Crippen LogP contribution in [0.4, 0.5) is 0 Å². The van der Waals surface area contributed by atoms with Crippen LogP contribution in [0.3, 0.4) is 0 Å². The van der Waals surface area contributed by atoms with Crippen molar-refractivity contribution in [2.75, 3.05) is 46.5 Å². The highest BCUT2D eigenvalue weighted by molar-refractivity contribution is 5.76. The van der Waals surface area contributed by atoms with E-state index in [-0.39, 0.29) is 18.1 Å². The molecule has 0 aromatic heterocycles. The van der Waals surface area contributed by atoms with E-state index in [9.17, 15) is 9.90 Å². The average molecular weight is 334 g/mol. The van der Waals surface area contributed by atoms with E-state index in [1.165, 1.54) is 0 Å². The lowest BCUT2D eigenvalue weighted by Crippen LogP contribution is -2.42. The van der Waals surface area contributed by atoms with E-state index in [1.807, 2.05) is 23.1 Å². The summed E-state index contributed by atoms with van der Waals surface area (Å²) in [6, 6.07) is 8.09. The summed E-state index contributed by atoms with van der Waals surface area (Å²) >= 11 is 0. The Morgan fingerprint density at radius 2 is 2.17 bits per heavy atom. The van der Waals surface area contributed by atoms with Crippen molar-refractivity contribution in [3.8, 4) is 5.75 Å². The molecule has 24 heavy (non-hydrogen) atoms. The Hall–Kier alpha value is -1.63. The molecule has 2 saturated heterocycles. The Labute approximate surface area is 143 Å². The number of ether oxygens (including phenoxy) is 2. The molecule has 0 radical (unpaired) electrons. The van der Waals surface area contributed by atoms with Crippen LogP contribution in [-0.2, 0) is 9.53 Å². The summed E-state index contributed by atoms with van der Waals surface area (Å²) in [4.78, 5) is 16.4. The van der Waals surface area contributed by atoms with Gasteiger partial charge in [0.2, 0.25) is 5.91 Å². The van der Waals surface area contributed by atoms with Crippen molar-refractivity contribution in [3.63, 3.8) is 0 Å². The van der Waals surface area contributed by atoms with E-state index < -0.39 is 0 Å². The van der Waals surface area contributed by atoms with Gasteiger partial charge in [0.1, 0.15) is 5.75 Å². The van der Waals surface area contributed by atoms with Gasteiger partial charge in [-0.1, -0.05) is 12.1 Å². The number of benzene rings is 1. The number of hydrogen-bond donors (Lipinski definition) is 1. The zero-order chi connectivity index (χ0) is 16.9. The number of carbonyl (C=O) groups excluding carboxylic acids is 1. The molecule has 3 rings (SSSR count). The first-order valence-corrected chi connectivity index (χ1v) is 8.59. The van der Waals surface area contributed by atoms with Crippen LogP contribution in [-0.4, -0.2) is 73.4 Å². The van der Waals surface area contributed by atoms with Crippen LogP contribution in [0.25, 0.3) is 0 Å². The average Bonchev–Trinajstić information content (AvgIpc) is 3.01. The Kier molecular flexibility index (Phi) is 5.71. The maximum Gasteiger partial charge on any atom is 0.224 e. The number of aliphatic hydroxyl groups is 1. The Bertz CT molecular complexity index is 560. The smallest absolute Gasteiger partial charge is 0.224 e. The van der Waals surface area contributed by atoms with Gasteiger partial charge in [-0.05, 0) is 24.1 Å². The number of morpholine rings is 1. The second-order valence-corrected chi connectivity index (χ2v) is 6.42. The molecule has 0 saturated carbocycles. The number of β-amino-alcohol motifs (C(OH)–C–C–N with tert-alkyl or cyclic N) is 1. The number of likely N-dealkylation sites (tertiary alicyclic amines) is 1. The van der Waals surface area contributed by atoms with Crippen LogP contribution >= 0.6 is 0 Å². The molecule has 0 aliphatic carbocycles. The number of rotatable bonds is 5. The first kappa shape index (κ1) is 17.2.